The zero-order valence-electron chi connectivity index (χ0n) is 9.50. The second-order valence-corrected chi connectivity index (χ2v) is 3.64. The van der Waals surface area contributed by atoms with Crippen LogP contribution in [0.2, 0.25) is 0 Å². The number of aromatic nitrogens is 2. The normalized spacial score (nSPS) is 12.4. The van der Waals surface area contributed by atoms with Gasteiger partial charge in [-0.05, 0) is 13.0 Å². The molecule has 1 aromatic carbocycles. The summed E-state index contributed by atoms with van der Waals surface area (Å²) in [6, 6.07) is 1.43. The van der Waals surface area contributed by atoms with Gasteiger partial charge in [0.2, 0.25) is 11.6 Å². The SMILES string of the molecule is CC(O)c1nc(-c2c(F)ccc([N+](=O)[O-])c2F)no1. The fraction of sp³-hybridized carbons (Fsp3) is 0.200. The topological polar surface area (TPSA) is 102 Å². The first-order chi connectivity index (χ1) is 8.91. The zero-order valence-corrected chi connectivity index (χ0v) is 9.50. The van der Waals surface area contributed by atoms with Crippen molar-refractivity contribution in [1.29, 1.82) is 0 Å². The molecule has 0 fully saturated rings. The minimum Gasteiger partial charge on any atom is -0.384 e. The molecule has 0 aliphatic carbocycles. The average molecular weight is 271 g/mol. The van der Waals surface area contributed by atoms with Crippen molar-refractivity contribution in [3.05, 3.63) is 39.8 Å². The number of hydrogen-bond donors (Lipinski definition) is 1. The first kappa shape index (κ1) is 13.0. The molecule has 0 spiro atoms. The maximum Gasteiger partial charge on any atom is 0.305 e. The molecule has 0 radical (unpaired) electrons. The lowest BCUT2D eigenvalue weighted by Crippen LogP contribution is -1.99. The monoisotopic (exact) mass is 271 g/mol. The molecule has 0 aliphatic heterocycles. The van der Waals surface area contributed by atoms with Gasteiger partial charge in [-0.25, -0.2) is 4.39 Å². The molecule has 2 aromatic rings. The summed E-state index contributed by atoms with van der Waals surface area (Å²) in [6.45, 7) is 1.32. The van der Waals surface area contributed by atoms with Crippen molar-refractivity contribution in [2.24, 2.45) is 0 Å². The number of nitro groups is 1. The lowest BCUT2D eigenvalue weighted by molar-refractivity contribution is -0.387. The molecule has 1 N–H and O–H groups in total. The molecule has 0 aliphatic rings. The van der Waals surface area contributed by atoms with Gasteiger partial charge in [-0.15, -0.1) is 0 Å². The highest BCUT2D eigenvalue weighted by Gasteiger charge is 2.26. The third kappa shape index (κ3) is 2.27. The molecule has 1 aromatic heterocycles. The third-order valence-electron chi connectivity index (χ3n) is 2.29. The quantitative estimate of drug-likeness (QED) is 0.676. The molecule has 1 unspecified atom stereocenters. The van der Waals surface area contributed by atoms with Crippen LogP contribution in [-0.4, -0.2) is 20.2 Å². The van der Waals surface area contributed by atoms with Crippen LogP contribution in [0.3, 0.4) is 0 Å². The number of nitro benzene ring substituents is 1. The van der Waals surface area contributed by atoms with E-state index in [0.29, 0.717) is 6.07 Å². The van der Waals surface area contributed by atoms with Gasteiger partial charge in [0.25, 0.3) is 5.89 Å². The van der Waals surface area contributed by atoms with Gasteiger partial charge >= 0.3 is 5.69 Å². The highest BCUT2D eigenvalue weighted by atomic mass is 19.1. The van der Waals surface area contributed by atoms with Crippen molar-refractivity contribution in [3.63, 3.8) is 0 Å². The van der Waals surface area contributed by atoms with Gasteiger partial charge in [0.1, 0.15) is 17.5 Å². The van der Waals surface area contributed by atoms with E-state index in [-0.39, 0.29) is 5.89 Å². The van der Waals surface area contributed by atoms with E-state index in [1.807, 2.05) is 0 Å². The molecule has 7 nitrogen and oxygen atoms in total. The summed E-state index contributed by atoms with van der Waals surface area (Å²) in [7, 11) is 0. The Hall–Kier alpha value is -2.42. The van der Waals surface area contributed by atoms with Crippen LogP contribution in [0, 0.1) is 21.7 Å². The molecule has 0 amide bonds. The molecular formula is C10H7F2N3O4. The summed E-state index contributed by atoms with van der Waals surface area (Å²) >= 11 is 0. The highest BCUT2D eigenvalue weighted by Crippen LogP contribution is 2.30. The molecule has 9 heteroatoms. The Balaban J connectivity index is 2.60. The van der Waals surface area contributed by atoms with Gasteiger partial charge in [0.05, 0.1) is 4.92 Å². The second kappa shape index (κ2) is 4.69. The lowest BCUT2D eigenvalue weighted by atomic mass is 10.1. The lowest BCUT2D eigenvalue weighted by Gasteiger charge is -2.00. The number of halogens is 2. The Labute approximate surface area is 104 Å². The summed E-state index contributed by atoms with van der Waals surface area (Å²) < 4.78 is 31.9. The van der Waals surface area contributed by atoms with Crippen LogP contribution in [0.4, 0.5) is 14.5 Å². The molecule has 0 bridgehead atoms. The molecular weight excluding hydrogens is 264 g/mol. The summed E-state index contributed by atoms with van der Waals surface area (Å²) in [5.41, 5.74) is -1.68. The predicted molar refractivity (Wildman–Crippen MR) is 56.9 cm³/mol. The predicted octanol–water partition coefficient (Wildman–Crippen LogP) is 1.98. The smallest absolute Gasteiger partial charge is 0.305 e. The van der Waals surface area contributed by atoms with E-state index in [4.69, 9.17) is 0 Å². The van der Waals surface area contributed by atoms with Crippen molar-refractivity contribution < 1.29 is 23.3 Å². The van der Waals surface area contributed by atoms with Gasteiger partial charge in [0.15, 0.2) is 0 Å². The van der Waals surface area contributed by atoms with E-state index in [0.717, 1.165) is 6.07 Å². The molecule has 0 saturated heterocycles. The number of nitrogens with zero attached hydrogens (tertiary/aromatic N) is 3. The van der Waals surface area contributed by atoms with Gasteiger partial charge in [-0.1, -0.05) is 5.16 Å². The Morgan fingerprint density at radius 1 is 1.47 bits per heavy atom. The summed E-state index contributed by atoms with van der Waals surface area (Å²) in [4.78, 5) is 13.1. The largest absolute Gasteiger partial charge is 0.384 e. The highest BCUT2D eigenvalue weighted by molar-refractivity contribution is 5.61. The molecule has 19 heavy (non-hydrogen) atoms. The Morgan fingerprint density at radius 2 is 2.16 bits per heavy atom. The number of aliphatic hydroxyl groups excluding tert-OH is 1. The van der Waals surface area contributed by atoms with E-state index >= 15 is 0 Å². The zero-order chi connectivity index (χ0) is 14.2. The number of hydrogen-bond acceptors (Lipinski definition) is 6. The first-order valence-corrected chi connectivity index (χ1v) is 5.06. The van der Waals surface area contributed by atoms with Crippen molar-refractivity contribution in [3.8, 4) is 11.4 Å². The van der Waals surface area contributed by atoms with Gasteiger partial charge in [-0.2, -0.15) is 9.37 Å². The summed E-state index contributed by atoms with van der Waals surface area (Å²) in [6.07, 6.45) is -1.12. The average Bonchev–Trinajstić information content (AvgIpc) is 2.78. The molecule has 1 atom stereocenters. The number of rotatable bonds is 3. The minimum atomic E-state index is -1.40. The summed E-state index contributed by atoms with van der Waals surface area (Å²) in [5.74, 6) is -3.22. The third-order valence-corrected chi connectivity index (χ3v) is 2.29. The first-order valence-electron chi connectivity index (χ1n) is 5.06. The van der Waals surface area contributed by atoms with Gasteiger partial charge in [0, 0.05) is 6.07 Å². The van der Waals surface area contributed by atoms with E-state index in [1.165, 1.54) is 6.92 Å². The fourth-order valence-corrected chi connectivity index (χ4v) is 1.39. The van der Waals surface area contributed by atoms with Gasteiger partial charge < -0.3 is 9.63 Å². The van der Waals surface area contributed by atoms with Crippen LogP contribution in [0.25, 0.3) is 11.4 Å². The summed E-state index contributed by atoms with van der Waals surface area (Å²) in [5, 5.41) is 23.0. The fourth-order valence-electron chi connectivity index (χ4n) is 1.39. The van der Waals surface area contributed by atoms with E-state index in [9.17, 15) is 24.0 Å². The molecule has 2 rings (SSSR count). The number of benzene rings is 1. The maximum atomic E-state index is 13.8. The van der Waals surface area contributed by atoms with Crippen molar-refractivity contribution in [2.75, 3.05) is 0 Å². The van der Waals surface area contributed by atoms with Crippen LogP contribution in [0.15, 0.2) is 16.7 Å². The van der Waals surface area contributed by atoms with Crippen molar-refractivity contribution in [2.45, 2.75) is 13.0 Å². The molecule has 0 saturated carbocycles. The minimum absolute atomic E-state index is 0.250. The van der Waals surface area contributed by atoms with E-state index in [2.05, 4.69) is 14.7 Å². The standard InChI is InChI=1S/C10H7F2N3O4/c1-4(16)10-13-9(14-19-10)7-5(11)2-3-6(8(7)12)15(17)18/h2-4,16H,1H3. The van der Waals surface area contributed by atoms with Crippen molar-refractivity contribution in [1.82, 2.24) is 10.1 Å². The van der Waals surface area contributed by atoms with E-state index in [1.54, 1.807) is 0 Å². The maximum absolute atomic E-state index is 13.8. The second-order valence-electron chi connectivity index (χ2n) is 3.64. The Morgan fingerprint density at radius 3 is 2.68 bits per heavy atom. The van der Waals surface area contributed by atoms with Crippen molar-refractivity contribution >= 4 is 5.69 Å². The Kier molecular flexibility index (Phi) is 3.21. The Bertz CT molecular complexity index is 642. The van der Waals surface area contributed by atoms with Crippen LogP contribution >= 0.6 is 0 Å². The van der Waals surface area contributed by atoms with Crippen LogP contribution in [-0.2, 0) is 0 Å². The van der Waals surface area contributed by atoms with E-state index < -0.39 is 39.7 Å². The number of aliphatic hydroxyl groups is 1. The molecule has 1 heterocycles. The van der Waals surface area contributed by atoms with Crippen LogP contribution in [0.1, 0.15) is 18.9 Å². The van der Waals surface area contributed by atoms with Gasteiger partial charge in [-0.3, -0.25) is 10.1 Å². The van der Waals surface area contributed by atoms with Crippen LogP contribution in [0.5, 0.6) is 0 Å². The molecule has 100 valence electrons. The van der Waals surface area contributed by atoms with Crippen LogP contribution < -0.4 is 0 Å².